The van der Waals surface area contributed by atoms with Crippen molar-refractivity contribution in [3.63, 3.8) is 0 Å². The van der Waals surface area contributed by atoms with E-state index in [0.717, 1.165) is 75.8 Å². The first kappa shape index (κ1) is 29.7. The highest BCUT2D eigenvalue weighted by Crippen LogP contribution is 2.55. The first-order valence-electron chi connectivity index (χ1n) is 15.9. The van der Waals surface area contributed by atoms with Crippen molar-refractivity contribution in [3.05, 3.63) is 89.5 Å². The molecular weight excluding hydrogens is 572 g/mol. The third kappa shape index (κ3) is 6.50. The van der Waals surface area contributed by atoms with Crippen LogP contribution in [0, 0.1) is 17.8 Å². The van der Waals surface area contributed by atoms with E-state index in [-0.39, 0.29) is 30.4 Å². The van der Waals surface area contributed by atoms with Crippen LogP contribution < -0.4 is 15.4 Å². The third-order valence-corrected chi connectivity index (χ3v) is 11.2. The van der Waals surface area contributed by atoms with Crippen LogP contribution in [0.4, 0.5) is 10.5 Å². The molecule has 0 spiro atoms. The van der Waals surface area contributed by atoms with E-state index < -0.39 is 6.29 Å². The van der Waals surface area contributed by atoms with Gasteiger partial charge < -0.3 is 30.0 Å². The minimum atomic E-state index is -0.551. The number of carbonyl (C=O) groups excluding carboxylic acids is 1. The van der Waals surface area contributed by atoms with E-state index in [4.69, 9.17) is 14.2 Å². The van der Waals surface area contributed by atoms with Gasteiger partial charge in [-0.3, -0.25) is 0 Å². The maximum Gasteiger partial charge on any atom is 0.319 e. The van der Waals surface area contributed by atoms with Gasteiger partial charge in [-0.2, -0.15) is 0 Å². The van der Waals surface area contributed by atoms with Gasteiger partial charge in [-0.05, 0) is 91.7 Å². The van der Waals surface area contributed by atoms with Gasteiger partial charge in [0.05, 0.1) is 25.9 Å². The second-order valence-electron chi connectivity index (χ2n) is 13.2. The van der Waals surface area contributed by atoms with Crippen LogP contribution in [0.25, 0.3) is 0 Å². The summed E-state index contributed by atoms with van der Waals surface area (Å²) in [5, 5.41) is 16.0. The quantitative estimate of drug-likeness (QED) is 0.215. The molecule has 5 fully saturated rings. The number of carbonyl (C=O) groups is 1. The number of aliphatic hydroxyl groups is 1. The van der Waals surface area contributed by atoms with E-state index in [2.05, 4.69) is 16.7 Å². The Morgan fingerprint density at radius 2 is 1.55 bits per heavy atom. The topological polar surface area (TPSA) is 89.0 Å². The zero-order valence-electron chi connectivity index (χ0n) is 25.2. The number of rotatable bonds is 9. The van der Waals surface area contributed by atoms with Crippen molar-refractivity contribution in [3.8, 4) is 5.75 Å². The number of amides is 2. The van der Waals surface area contributed by atoms with E-state index in [1.54, 1.807) is 18.9 Å². The number of aliphatic hydroxyl groups excluding tert-OH is 1. The van der Waals surface area contributed by atoms with Crippen LogP contribution in [0.2, 0.25) is 0 Å². The molecule has 4 saturated carbocycles. The molecule has 232 valence electrons. The molecule has 8 rings (SSSR count). The fraction of sp³-hybridized carbons (Fsp3) is 0.472. The second kappa shape index (κ2) is 12.8. The van der Waals surface area contributed by atoms with Crippen LogP contribution in [-0.2, 0) is 16.1 Å². The molecule has 0 radical (unpaired) electrons. The lowest BCUT2D eigenvalue weighted by Gasteiger charge is -2.56. The number of thioether (sulfide) groups is 1. The summed E-state index contributed by atoms with van der Waals surface area (Å²) in [4.78, 5) is 14.2. The van der Waals surface area contributed by atoms with Crippen LogP contribution in [0.1, 0.15) is 74.0 Å². The summed E-state index contributed by atoms with van der Waals surface area (Å²) >= 11 is 1.72. The van der Waals surface area contributed by atoms with Crippen molar-refractivity contribution in [2.75, 3.05) is 18.2 Å². The first-order chi connectivity index (χ1) is 21.5. The number of ether oxygens (including phenoxy) is 3. The maximum absolute atomic E-state index is 13.1. The van der Waals surface area contributed by atoms with Crippen LogP contribution in [0.3, 0.4) is 0 Å². The Kier molecular flexibility index (Phi) is 8.60. The summed E-state index contributed by atoms with van der Waals surface area (Å²) in [7, 11) is 1.69. The molecule has 1 heterocycles. The van der Waals surface area contributed by atoms with Crippen molar-refractivity contribution < 1.29 is 24.1 Å². The monoisotopic (exact) mass is 614 g/mol. The molecule has 1 saturated heterocycles. The van der Waals surface area contributed by atoms with Crippen molar-refractivity contribution in [2.24, 2.45) is 17.8 Å². The Balaban J connectivity index is 1.03. The van der Waals surface area contributed by atoms with Gasteiger partial charge in [0.2, 0.25) is 0 Å². The van der Waals surface area contributed by atoms with Gasteiger partial charge >= 0.3 is 6.03 Å². The summed E-state index contributed by atoms with van der Waals surface area (Å²) < 4.78 is 18.6. The molecule has 7 nitrogen and oxygen atoms in total. The molecule has 8 heteroatoms. The zero-order valence-corrected chi connectivity index (χ0v) is 26.1. The number of urea groups is 1. The number of nitrogens with one attached hydrogen (secondary N) is 2. The standard InChI is InChI=1S/C36H42N2O5S/c1-41-31-4-2-3-5-33(31)44-22-30-17-32(27-8-6-23(21-39)7-9-27)43-34(42-30)28-10-12-29(13-11-28)37-35(40)38-36-18-24-14-25(19-36)16-26(15-24)20-36/h2-13,24-26,30,32,34,39H,14-22H2,1H3,(H2,37,38,40)/t24?,25?,26?,30-,32+,34+,36?/m0/s1. The summed E-state index contributed by atoms with van der Waals surface area (Å²) in [6.07, 6.45) is 7.37. The summed E-state index contributed by atoms with van der Waals surface area (Å²) in [6.45, 7) is 0.0106. The summed E-state index contributed by atoms with van der Waals surface area (Å²) in [5.41, 5.74) is 3.56. The predicted molar refractivity (Wildman–Crippen MR) is 172 cm³/mol. The van der Waals surface area contributed by atoms with Crippen LogP contribution in [-0.4, -0.2) is 35.6 Å². The lowest BCUT2D eigenvalue weighted by Crippen LogP contribution is -2.60. The number of anilines is 1. The molecule has 4 bridgehead atoms. The number of para-hydroxylation sites is 1. The minimum absolute atomic E-state index is 0.0106. The van der Waals surface area contributed by atoms with Crippen LogP contribution >= 0.6 is 11.8 Å². The third-order valence-electron chi connectivity index (χ3n) is 9.97. The van der Waals surface area contributed by atoms with Crippen molar-refractivity contribution >= 4 is 23.5 Å². The molecule has 5 aliphatic rings. The van der Waals surface area contributed by atoms with Gasteiger partial charge in [0, 0.05) is 33.9 Å². The molecule has 4 aliphatic carbocycles. The number of hydrogen-bond donors (Lipinski definition) is 3. The van der Waals surface area contributed by atoms with Gasteiger partial charge in [0.1, 0.15) is 5.75 Å². The predicted octanol–water partition coefficient (Wildman–Crippen LogP) is 7.62. The van der Waals surface area contributed by atoms with Crippen molar-refractivity contribution in [2.45, 2.75) is 80.5 Å². The van der Waals surface area contributed by atoms with Crippen LogP contribution in [0.5, 0.6) is 5.75 Å². The largest absolute Gasteiger partial charge is 0.496 e. The molecule has 44 heavy (non-hydrogen) atoms. The highest BCUT2D eigenvalue weighted by Gasteiger charge is 2.51. The Hall–Kier alpha value is -3.04. The Morgan fingerprint density at radius 3 is 2.20 bits per heavy atom. The number of methoxy groups -OCH3 is 1. The smallest absolute Gasteiger partial charge is 0.319 e. The fourth-order valence-electron chi connectivity index (χ4n) is 8.33. The Morgan fingerprint density at radius 1 is 0.886 bits per heavy atom. The summed E-state index contributed by atoms with van der Waals surface area (Å²) in [5.74, 6) is 3.95. The first-order valence-corrected chi connectivity index (χ1v) is 16.9. The van der Waals surface area contributed by atoms with Gasteiger partial charge in [-0.15, -0.1) is 11.8 Å². The second-order valence-corrected chi connectivity index (χ2v) is 14.3. The average molecular weight is 615 g/mol. The molecule has 1 aliphatic heterocycles. The summed E-state index contributed by atoms with van der Waals surface area (Å²) in [6, 6.07) is 23.7. The van der Waals surface area contributed by atoms with E-state index in [0.29, 0.717) is 6.42 Å². The van der Waals surface area contributed by atoms with E-state index in [9.17, 15) is 9.90 Å². The number of hydrogen-bond acceptors (Lipinski definition) is 6. The van der Waals surface area contributed by atoms with Gasteiger partial charge in [-0.1, -0.05) is 48.5 Å². The number of benzene rings is 3. The molecule has 3 aromatic rings. The highest BCUT2D eigenvalue weighted by molar-refractivity contribution is 7.99. The molecular formula is C36H42N2O5S. The average Bonchev–Trinajstić information content (AvgIpc) is 3.03. The Labute approximate surface area is 264 Å². The molecule has 3 N–H and O–H groups in total. The van der Waals surface area contributed by atoms with E-state index in [1.807, 2.05) is 66.7 Å². The Bertz CT molecular complexity index is 1410. The molecule has 2 amide bonds. The zero-order chi connectivity index (χ0) is 30.1. The van der Waals surface area contributed by atoms with Crippen molar-refractivity contribution in [1.29, 1.82) is 0 Å². The fourth-order valence-corrected chi connectivity index (χ4v) is 9.38. The van der Waals surface area contributed by atoms with Gasteiger partial charge in [0.15, 0.2) is 6.29 Å². The molecule has 0 aromatic heterocycles. The van der Waals surface area contributed by atoms with E-state index in [1.165, 1.54) is 19.3 Å². The van der Waals surface area contributed by atoms with Crippen molar-refractivity contribution in [1.82, 2.24) is 5.32 Å². The highest BCUT2D eigenvalue weighted by atomic mass is 32.2. The van der Waals surface area contributed by atoms with E-state index >= 15 is 0 Å². The lowest BCUT2D eigenvalue weighted by molar-refractivity contribution is -0.245. The minimum Gasteiger partial charge on any atom is -0.496 e. The maximum atomic E-state index is 13.1. The SMILES string of the molecule is COc1ccccc1SC[C@@H]1C[C@H](c2ccc(CO)cc2)O[C@H](c2ccc(NC(=O)NC34CC5CC(CC(C5)C3)C4)cc2)O1. The normalized spacial score (nSPS) is 30.6. The molecule has 0 unspecified atom stereocenters. The van der Waals surface area contributed by atoms with Gasteiger partial charge in [0.25, 0.3) is 0 Å². The van der Waals surface area contributed by atoms with Crippen LogP contribution in [0.15, 0.2) is 77.7 Å². The molecule has 3 aromatic carbocycles. The van der Waals surface area contributed by atoms with Gasteiger partial charge in [-0.25, -0.2) is 4.79 Å². The molecule has 3 atom stereocenters. The lowest BCUT2D eigenvalue weighted by atomic mass is 9.53.